The van der Waals surface area contributed by atoms with E-state index in [1.165, 1.54) is 6.20 Å². The number of aliphatic hydroxyl groups excluding tert-OH is 1. The van der Waals surface area contributed by atoms with E-state index in [0.717, 1.165) is 20.0 Å². The van der Waals surface area contributed by atoms with Gasteiger partial charge in [-0.05, 0) is 30.9 Å². The van der Waals surface area contributed by atoms with Crippen LogP contribution < -0.4 is 21.5 Å². The Morgan fingerprint density at radius 2 is 2.06 bits per heavy atom. The Morgan fingerprint density at radius 3 is 2.67 bits per heavy atom. The van der Waals surface area contributed by atoms with Crippen molar-refractivity contribution in [3.05, 3.63) is 46.5 Å². The van der Waals surface area contributed by atoms with Gasteiger partial charge in [-0.2, -0.15) is 9.61 Å². The predicted octanol–water partition coefficient (Wildman–Crippen LogP) is 1.38. The number of rotatable bonds is 6. The lowest BCUT2D eigenvalue weighted by molar-refractivity contribution is -0.0247. The van der Waals surface area contributed by atoms with E-state index in [9.17, 15) is 9.59 Å². The third-order valence-electron chi connectivity index (χ3n) is 6.16. The Hall–Kier alpha value is -3.44. The van der Waals surface area contributed by atoms with Crippen molar-refractivity contribution < 1.29 is 14.6 Å². The number of amides is 1. The van der Waals surface area contributed by atoms with Gasteiger partial charge < -0.3 is 30.4 Å². The van der Waals surface area contributed by atoms with Crippen molar-refractivity contribution >= 4 is 28.9 Å². The van der Waals surface area contributed by atoms with Gasteiger partial charge in [-0.15, -0.1) is 0 Å². The van der Waals surface area contributed by atoms with Crippen LogP contribution in [0.2, 0.25) is 0 Å². The number of carbonyl (C=O) groups excluding carboxylic acids is 1. The number of ether oxygens (including phenoxy) is 1. The van der Waals surface area contributed by atoms with Crippen molar-refractivity contribution in [1.29, 1.82) is 0 Å². The Bertz CT molecular complexity index is 1200. The van der Waals surface area contributed by atoms with Crippen LogP contribution in [0.15, 0.2) is 35.4 Å². The largest absolute Gasteiger partial charge is 0.400 e. The highest BCUT2D eigenvalue weighted by atomic mass is 16.5. The number of nitrogens with zero attached hydrogens (tertiary/aromatic N) is 4. The van der Waals surface area contributed by atoms with Crippen LogP contribution in [0.1, 0.15) is 36.2 Å². The second-order valence-electron chi connectivity index (χ2n) is 8.16. The lowest BCUT2D eigenvalue weighted by Crippen LogP contribution is -2.45. The van der Waals surface area contributed by atoms with Crippen molar-refractivity contribution in [3.8, 4) is 0 Å². The minimum absolute atomic E-state index is 0.0524. The molecule has 1 amide bonds. The smallest absolute Gasteiger partial charge is 0.274 e. The van der Waals surface area contributed by atoms with E-state index in [0.29, 0.717) is 47.7 Å². The van der Waals surface area contributed by atoms with Gasteiger partial charge in [-0.1, -0.05) is 6.92 Å². The molecule has 33 heavy (non-hydrogen) atoms. The molecule has 3 aromatic heterocycles. The van der Waals surface area contributed by atoms with Gasteiger partial charge in [0.15, 0.2) is 5.65 Å². The fourth-order valence-electron chi connectivity index (χ4n) is 3.91. The number of aliphatic hydroxyl groups is 1. The van der Waals surface area contributed by atoms with Crippen LogP contribution >= 0.6 is 0 Å². The predicted molar refractivity (Wildman–Crippen MR) is 124 cm³/mol. The summed E-state index contributed by atoms with van der Waals surface area (Å²) in [6, 6.07) is 5.52. The highest BCUT2D eigenvalue weighted by Crippen LogP contribution is 2.27. The van der Waals surface area contributed by atoms with Gasteiger partial charge >= 0.3 is 0 Å². The van der Waals surface area contributed by atoms with Gasteiger partial charge in [-0.25, -0.2) is 4.98 Å². The fraction of sp³-hybridized carbons (Fsp3) is 0.455. The molecule has 4 N–H and O–H groups in total. The molecule has 11 nitrogen and oxygen atoms in total. The third kappa shape index (κ3) is 4.29. The molecule has 1 saturated carbocycles. The van der Waals surface area contributed by atoms with E-state index in [4.69, 9.17) is 9.84 Å². The number of hydrogen-bond donors (Lipinski definition) is 4. The molecule has 0 radical (unpaired) electrons. The second-order valence-corrected chi connectivity index (χ2v) is 8.16. The van der Waals surface area contributed by atoms with E-state index < -0.39 is 0 Å². The minimum atomic E-state index is -0.190. The summed E-state index contributed by atoms with van der Waals surface area (Å²) in [5.74, 6) is 1.38. The lowest BCUT2D eigenvalue weighted by atomic mass is 9.81. The van der Waals surface area contributed by atoms with Crippen LogP contribution in [0.4, 0.5) is 17.3 Å². The number of pyridine rings is 1. The monoisotopic (exact) mass is 455 g/mol. The maximum atomic E-state index is 12.9. The molecule has 1 aliphatic carbocycles. The van der Waals surface area contributed by atoms with Crippen LogP contribution in [0.3, 0.4) is 0 Å². The van der Waals surface area contributed by atoms with Crippen LogP contribution in [-0.4, -0.2) is 63.6 Å². The maximum absolute atomic E-state index is 12.9. The molecule has 0 bridgehead atoms. The zero-order valence-electron chi connectivity index (χ0n) is 18.9. The average molecular weight is 456 g/mol. The molecule has 3 aromatic rings. The number of aromatic nitrogens is 4. The molecule has 0 aromatic carbocycles. The summed E-state index contributed by atoms with van der Waals surface area (Å²) >= 11 is 0. The maximum Gasteiger partial charge on any atom is 0.274 e. The molecule has 2 atom stereocenters. The number of hydrogen-bond acceptors (Lipinski definition) is 8. The summed E-state index contributed by atoms with van der Waals surface area (Å²) in [6.07, 6.45) is 5.40. The van der Waals surface area contributed by atoms with Gasteiger partial charge in [0.2, 0.25) is 0 Å². The van der Waals surface area contributed by atoms with Gasteiger partial charge in [0, 0.05) is 32.5 Å². The van der Waals surface area contributed by atoms with Crippen molar-refractivity contribution in [2.75, 3.05) is 38.0 Å². The summed E-state index contributed by atoms with van der Waals surface area (Å²) in [7, 11) is 2.77. The number of carbonyl (C=O) groups is 1. The molecule has 4 heterocycles. The Kier molecular flexibility index (Phi) is 6.61. The first kappa shape index (κ1) is 22.7. The standard InChI is InChI=1S/C21H25N7O3.CH4O/c1-12-5-6-15(12)25-20(29)14-9-23-28-18(22-2)8-17(26-19(14)28)24-16-4-3-7-27(21(16)30)13-10-31-11-13;1-2/h3-4,7-9,12-13,15,22H,5-6,10-11H2,1-2H3,(H,24,26)(H,25,29);2H,1H3. The molecule has 1 aliphatic heterocycles. The summed E-state index contributed by atoms with van der Waals surface area (Å²) in [6.45, 7) is 3.20. The molecule has 176 valence electrons. The van der Waals surface area contributed by atoms with Crippen LogP contribution in [0.5, 0.6) is 0 Å². The number of anilines is 3. The molecule has 2 unspecified atom stereocenters. The highest BCUT2D eigenvalue weighted by Gasteiger charge is 2.29. The van der Waals surface area contributed by atoms with Gasteiger partial charge in [0.05, 0.1) is 25.5 Å². The van der Waals surface area contributed by atoms with Crippen molar-refractivity contribution in [3.63, 3.8) is 0 Å². The average Bonchev–Trinajstić information content (AvgIpc) is 3.22. The third-order valence-corrected chi connectivity index (χ3v) is 6.16. The van der Waals surface area contributed by atoms with E-state index in [2.05, 4.69) is 33.0 Å². The van der Waals surface area contributed by atoms with Crippen molar-refractivity contribution in [1.82, 2.24) is 24.5 Å². The quantitative estimate of drug-likeness (QED) is 0.438. The molecule has 2 fully saturated rings. The van der Waals surface area contributed by atoms with Gasteiger partial charge in [0.1, 0.15) is 22.9 Å². The van der Waals surface area contributed by atoms with Gasteiger partial charge in [0.25, 0.3) is 11.5 Å². The Labute approximate surface area is 190 Å². The zero-order valence-corrected chi connectivity index (χ0v) is 18.9. The van der Waals surface area contributed by atoms with Crippen LogP contribution in [0, 0.1) is 5.92 Å². The molecule has 11 heteroatoms. The van der Waals surface area contributed by atoms with E-state index in [1.54, 1.807) is 34.5 Å². The normalized spacial score (nSPS) is 19.6. The minimum Gasteiger partial charge on any atom is -0.400 e. The fourth-order valence-corrected chi connectivity index (χ4v) is 3.91. The highest BCUT2D eigenvalue weighted by molar-refractivity contribution is 6.00. The lowest BCUT2D eigenvalue weighted by Gasteiger charge is -2.34. The SMILES string of the molecule is CNc1cc(Nc2cccn(C3COC3)c2=O)nc2c(C(=O)NC3CCC3C)cnn12.CO. The molecule has 0 spiro atoms. The van der Waals surface area contributed by atoms with E-state index >= 15 is 0 Å². The summed E-state index contributed by atoms with van der Waals surface area (Å²) < 4.78 is 8.46. The first-order chi connectivity index (χ1) is 16.0. The summed E-state index contributed by atoms with van der Waals surface area (Å²) in [4.78, 5) is 30.3. The first-order valence-electron chi connectivity index (χ1n) is 10.9. The van der Waals surface area contributed by atoms with E-state index in [1.807, 2.05) is 6.07 Å². The van der Waals surface area contributed by atoms with E-state index in [-0.39, 0.29) is 23.6 Å². The topological polar surface area (TPSA) is 135 Å². The Morgan fingerprint density at radius 1 is 1.27 bits per heavy atom. The summed E-state index contributed by atoms with van der Waals surface area (Å²) in [5, 5.41) is 20.6. The van der Waals surface area contributed by atoms with Crippen molar-refractivity contribution in [2.45, 2.75) is 31.8 Å². The molecule has 2 aliphatic rings. The Balaban J connectivity index is 0.00000126. The van der Waals surface area contributed by atoms with Crippen LogP contribution in [-0.2, 0) is 4.74 Å². The molecule has 1 saturated heterocycles. The second kappa shape index (κ2) is 9.59. The first-order valence-corrected chi connectivity index (χ1v) is 10.9. The molecular weight excluding hydrogens is 426 g/mol. The van der Waals surface area contributed by atoms with Gasteiger partial charge in [-0.3, -0.25) is 9.59 Å². The number of nitrogens with one attached hydrogen (secondary N) is 3. The molecular formula is C22H29N7O4. The summed E-state index contributed by atoms with van der Waals surface area (Å²) in [5.41, 5.74) is 1.08. The van der Waals surface area contributed by atoms with Crippen molar-refractivity contribution in [2.24, 2.45) is 5.92 Å². The number of fused-ring (bicyclic) bond motifs is 1. The van der Waals surface area contributed by atoms with Crippen LogP contribution in [0.25, 0.3) is 5.65 Å². The zero-order chi connectivity index (χ0) is 23.5. The molecule has 5 rings (SSSR count).